The SMILES string of the molecule is CC1(C)CN(C(=O)c2ccc(SC(F)F)cc2)CCC1N.Cl. The van der Waals surface area contributed by atoms with Gasteiger partial charge in [-0.2, -0.15) is 8.78 Å². The number of hydrogen-bond acceptors (Lipinski definition) is 3. The first-order valence-electron chi connectivity index (χ1n) is 6.89. The second kappa shape index (κ2) is 7.62. The molecule has 2 N–H and O–H groups in total. The predicted octanol–water partition coefficient (Wildman–Crippen LogP) is 3.62. The molecule has 0 radical (unpaired) electrons. The van der Waals surface area contributed by atoms with E-state index in [-0.39, 0.29) is 29.8 Å². The van der Waals surface area contributed by atoms with E-state index in [0.29, 0.717) is 35.3 Å². The monoisotopic (exact) mass is 350 g/mol. The van der Waals surface area contributed by atoms with Gasteiger partial charge in [0.15, 0.2) is 0 Å². The zero-order valence-corrected chi connectivity index (χ0v) is 14.2. The van der Waals surface area contributed by atoms with Crippen LogP contribution in [0.1, 0.15) is 30.6 Å². The summed E-state index contributed by atoms with van der Waals surface area (Å²) in [5, 5.41) is 0. The van der Waals surface area contributed by atoms with Crippen molar-refractivity contribution >= 4 is 30.1 Å². The Morgan fingerprint density at radius 2 is 1.95 bits per heavy atom. The molecule has 1 aliphatic rings. The number of halogens is 3. The Labute approximate surface area is 140 Å². The number of hydrogen-bond donors (Lipinski definition) is 1. The molecule has 1 aromatic rings. The van der Waals surface area contributed by atoms with Crippen LogP contribution in [0.5, 0.6) is 0 Å². The lowest BCUT2D eigenvalue weighted by molar-refractivity contribution is 0.0533. The highest BCUT2D eigenvalue weighted by Gasteiger charge is 2.35. The van der Waals surface area contributed by atoms with E-state index < -0.39 is 5.76 Å². The maximum absolute atomic E-state index is 12.5. The molecule has 0 aliphatic carbocycles. The number of amides is 1. The molecule has 7 heteroatoms. The average Bonchev–Trinajstić information content (AvgIpc) is 2.41. The van der Waals surface area contributed by atoms with Gasteiger partial charge in [0.2, 0.25) is 0 Å². The standard InChI is InChI=1S/C15H20F2N2OS.ClH/c1-15(2)9-19(8-7-12(15)18)13(20)10-3-5-11(6-4-10)21-14(16)17;/h3-6,12,14H,7-9,18H2,1-2H3;1H. The van der Waals surface area contributed by atoms with Gasteiger partial charge >= 0.3 is 0 Å². The summed E-state index contributed by atoms with van der Waals surface area (Å²) in [4.78, 5) is 14.7. The topological polar surface area (TPSA) is 46.3 Å². The summed E-state index contributed by atoms with van der Waals surface area (Å²) >= 11 is 0.480. The zero-order valence-electron chi connectivity index (χ0n) is 12.6. The minimum atomic E-state index is -2.45. The van der Waals surface area contributed by atoms with Crippen molar-refractivity contribution in [1.29, 1.82) is 0 Å². The number of carbonyl (C=O) groups is 1. The molecule has 1 fully saturated rings. The van der Waals surface area contributed by atoms with Gasteiger partial charge in [-0.3, -0.25) is 4.79 Å². The summed E-state index contributed by atoms with van der Waals surface area (Å²) in [5.41, 5.74) is 6.48. The maximum Gasteiger partial charge on any atom is 0.288 e. The van der Waals surface area contributed by atoms with E-state index in [1.165, 1.54) is 0 Å². The highest BCUT2D eigenvalue weighted by Crippen LogP contribution is 2.29. The number of alkyl halides is 2. The Balaban J connectivity index is 0.00000242. The van der Waals surface area contributed by atoms with Crippen LogP contribution in [0.15, 0.2) is 29.2 Å². The maximum atomic E-state index is 12.5. The predicted molar refractivity (Wildman–Crippen MR) is 87.8 cm³/mol. The minimum absolute atomic E-state index is 0. The van der Waals surface area contributed by atoms with Gasteiger partial charge in [0.1, 0.15) is 0 Å². The van der Waals surface area contributed by atoms with Crippen molar-refractivity contribution in [2.45, 2.75) is 37.0 Å². The second-order valence-electron chi connectivity index (χ2n) is 6.01. The zero-order chi connectivity index (χ0) is 15.6. The van der Waals surface area contributed by atoms with Gasteiger partial charge in [-0.05, 0) is 36.1 Å². The fourth-order valence-corrected chi connectivity index (χ4v) is 3.01. The van der Waals surface area contributed by atoms with Gasteiger partial charge in [-0.1, -0.05) is 25.6 Å². The van der Waals surface area contributed by atoms with E-state index in [2.05, 4.69) is 13.8 Å². The van der Waals surface area contributed by atoms with Gasteiger partial charge in [0.05, 0.1) is 0 Å². The molecule has 1 aromatic carbocycles. The number of carbonyl (C=O) groups excluding carboxylic acids is 1. The van der Waals surface area contributed by atoms with Crippen LogP contribution >= 0.6 is 24.2 Å². The Kier molecular flexibility index (Phi) is 6.65. The molecule has 1 amide bonds. The molecule has 1 unspecified atom stereocenters. The molecule has 0 bridgehead atoms. The van der Waals surface area contributed by atoms with Crippen molar-refractivity contribution in [2.24, 2.45) is 11.1 Å². The lowest BCUT2D eigenvalue weighted by Gasteiger charge is -2.42. The van der Waals surface area contributed by atoms with E-state index in [4.69, 9.17) is 5.73 Å². The molecule has 124 valence electrons. The lowest BCUT2D eigenvalue weighted by Crippen LogP contribution is -2.53. The molecule has 0 aromatic heterocycles. The van der Waals surface area contributed by atoms with E-state index in [9.17, 15) is 13.6 Å². The molecule has 0 saturated carbocycles. The van der Waals surface area contributed by atoms with Gasteiger partial charge in [0, 0.05) is 29.6 Å². The number of thioether (sulfide) groups is 1. The molecule has 1 aliphatic heterocycles. The Morgan fingerprint density at radius 1 is 1.36 bits per heavy atom. The van der Waals surface area contributed by atoms with Crippen molar-refractivity contribution in [3.8, 4) is 0 Å². The fraction of sp³-hybridized carbons (Fsp3) is 0.533. The third-order valence-electron chi connectivity index (χ3n) is 3.93. The van der Waals surface area contributed by atoms with Crippen molar-refractivity contribution in [2.75, 3.05) is 13.1 Å². The second-order valence-corrected chi connectivity index (χ2v) is 7.08. The molecule has 2 rings (SSSR count). The van der Waals surface area contributed by atoms with E-state index in [0.717, 1.165) is 6.42 Å². The molecule has 0 spiro atoms. The summed E-state index contributed by atoms with van der Waals surface area (Å²) < 4.78 is 24.5. The third kappa shape index (κ3) is 4.57. The number of likely N-dealkylation sites (tertiary alicyclic amines) is 1. The summed E-state index contributed by atoms with van der Waals surface area (Å²) in [7, 11) is 0. The first-order chi connectivity index (χ1) is 9.79. The first kappa shape index (κ1) is 19.2. The summed E-state index contributed by atoms with van der Waals surface area (Å²) in [5.74, 6) is -2.51. The number of benzene rings is 1. The smallest absolute Gasteiger partial charge is 0.288 e. The molecule has 1 atom stereocenters. The van der Waals surface area contributed by atoms with Crippen LogP contribution in [0, 0.1) is 5.41 Å². The Hall–Kier alpha value is -0.850. The normalized spacial score (nSPS) is 20.6. The molecule has 3 nitrogen and oxygen atoms in total. The van der Waals surface area contributed by atoms with E-state index in [1.54, 1.807) is 29.2 Å². The number of rotatable bonds is 3. The lowest BCUT2D eigenvalue weighted by atomic mass is 9.79. The molecule has 1 heterocycles. The summed E-state index contributed by atoms with van der Waals surface area (Å²) in [6, 6.07) is 6.42. The number of nitrogens with zero attached hydrogens (tertiary/aromatic N) is 1. The number of nitrogens with two attached hydrogens (primary N) is 1. The van der Waals surface area contributed by atoms with Crippen molar-refractivity contribution in [3.63, 3.8) is 0 Å². The molecular formula is C15H21ClF2N2OS. The van der Waals surface area contributed by atoms with Crippen molar-refractivity contribution in [1.82, 2.24) is 4.90 Å². The van der Waals surface area contributed by atoms with Gasteiger partial charge in [-0.25, -0.2) is 0 Å². The average molecular weight is 351 g/mol. The molecule has 1 saturated heterocycles. The quantitative estimate of drug-likeness (QED) is 0.847. The largest absolute Gasteiger partial charge is 0.338 e. The summed E-state index contributed by atoms with van der Waals surface area (Å²) in [6.45, 7) is 5.36. The van der Waals surface area contributed by atoms with Crippen LogP contribution in [-0.4, -0.2) is 35.7 Å². The number of piperidine rings is 1. The van der Waals surface area contributed by atoms with Gasteiger partial charge < -0.3 is 10.6 Å². The van der Waals surface area contributed by atoms with Crippen LogP contribution in [0.2, 0.25) is 0 Å². The van der Waals surface area contributed by atoms with Crippen LogP contribution in [0.4, 0.5) is 8.78 Å². The van der Waals surface area contributed by atoms with E-state index in [1.807, 2.05) is 0 Å². The third-order valence-corrected chi connectivity index (χ3v) is 4.65. The van der Waals surface area contributed by atoms with E-state index >= 15 is 0 Å². The highest BCUT2D eigenvalue weighted by atomic mass is 35.5. The highest BCUT2D eigenvalue weighted by molar-refractivity contribution is 7.99. The minimum Gasteiger partial charge on any atom is -0.338 e. The van der Waals surface area contributed by atoms with Crippen LogP contribution in [0.3, 0.4) is 0 Å². The van der Waals surface area contributed by atoms with Gasteiger partial charge in [0.25, 0.3) is 11.7 Å². The van der Waals surface area contributed by atoms with Gasteiger partial charge in [-0.15, -0.1) is 12.4 Å². The first-order valence-corrected chi connectivity index (χ1v) is 7.77. The Morgan fingerprint density at radius 3 is 2.45 bits per heavy atom. The van der Waals surface area contributed by atoms with Crippen LogP contribution < -0.4 is 5.73 Å². The summed E-state index contributed by atoms with van der Waals surface area (Å²) in [6.07, 6.45) is 0.776. The van der Waals surface area contributed by atoms with Crippen molar-refractivity contribution < 1.29 is 13.6 Å². The molecule has 22 heavy (non-hydrogen) atoms. The van der Waals surface area contributed by atoms with Crippen LogP contribution in [0.25, 0.3) is 0 Å². The van der Waals surface area contributed by atoms with Crippen LogP contribution in [-0.2, 0) is 0 Å². The Bertz CT molecular complexity index is 511. The molecular weight excluding hydrogens is 330 g/mol. The fourth-order valence-electron chi connectivity index (χ4n) is 2.51. The van der Waals surface area contributed by atoms with Crippen molar-refractivity contribution in [3.05, 3.63) is 29.8 Å².